The molecule has 0 saturated heterocycles. The van der Waals surface area contributed by atoms with Crippen molar-refractivity contribution in [3.63, 3.8) is 0 Å². The molecule has 0 aliphatic rings. The van der Waals surface area contributed by atoms with Gasteiger partial charge in [0, 0.05) is 16.9 Å². The summed E-state index contributed by atoms with van der Waals surface area (Å²) in [4.78, 5) is 0. The molecule has 0 heterocycles. The van der Waals surface area contributed by atoms with Crippen molar-refractivity contribution in [1.82, 2.24) is 0 Å². The maximum Gasteiger partial charge on any atom is 0.0626 e. The Kier molecular flexibility index (Phi) is 5.17. The van der Waals surface area contributed by atoms with Gasteiger partial charge in [0.25, 0.3) is 0 Å². The molecule has 2 atom stereocenters. The summed E-state index contributed by atoms with van der Waals surface area (Å²) in [6.07, 6.45) is 0.342. The smallest absolute Gasteiger partial charge is 0.0626 e. The van der Waals surface area contributed by atoms with Crippen LogP contribution in [-0.4, -0.2) is 17.8 Å². The van der Waals surface area contributed by atoms with Crippen molar-refractivity contribution in [3.05, 3.63) is 34.3 Å². The standard InChI is InChI=1S/C14H22BrNO/c1-14(2,3)8-13(17)11(9-16)10-6-4-5-7-12(10)15/h4-7,11,13,17H,8-9,16H2,1-3H3. The first-order chi connectivity index (χ1) is 7.85. The SMILES string of the molecule is CC(C)(C)CC(O)C(CN)c1ccccc1Br. The molecule has 2 unspecified atom stereocenters. The molecular weight excluding hydrogens is 278 g/mol. The summed E-state index contributed by atoms with van der Waals surface area (Å²) < 4.78 is 1.02. The fourth-order valence-corrected chi connectivity index (χ4v) is 2.62. The van der Waals surface area contributed by atoms with Crippen LogP contribution >= 0.6 is 15.9 Å². The average molecular weight is 300 g/mol. The van der Waals surface area contributed by atoms with E-state index in [0.717, 1.165) is 16.5 Å². The lowest BCUT2D eigenvalue weighted by atomic mass is 9.82. The minimum absolute atomic E-state index is 0.00944. The van der Waals surface area contributed by atoms with E-state index in [-0.39, 0.29) is 11.3 Å². The maximum absolute atomic E-state index is 10.3. The van der Waals surface area contributed by atoms with E-state index in [1.807, 2.05) is 24.3 Å². The van der Waals surface area contributed by atoms with Crippen molar-refractivity contribution in [2.75, 3.05) is 6.54 Å². The number of aliphatic hydroxyl groups is 1. The van der Waals surface area contributed by atoms with Gasteiger partial charge in [-0.15, -0.1) is 0 Å². The normalized spacial score (nSPS) is 15.6. The van der Waals surface area contributed by atoms with Crippen molar-refractivity contribution in [2.24, 2.45) is 11.1 Å². The quantitative estimate of drug-likeness (QED) is 0.896. The summed E-state index contributed by atoms with van der Waals surface area (Å²) in [5, 5.41) is 10.3. The summed E-state index contributed by atoms with van der Waals surface area (Å²) in [6, 6.07) is 7.96. The van der Waals surface area contributed by atoms with Crippen LogP contribution in [0.15, 0.2) is 28.7 Å². The van der Waals surface area contributed by atoms with Crippen molar-refractivity contribution >= 4 is 15.9 Å². The van der Waals surface area contributed by atoms with E-state index < -0.39 is 6.10 Å². The highest BCUT2D eigenvalue weighted by Crippen LogP contribution is 2.32. The number of rotatable bonds is 4. The van der Waals surface area contributed by atoms with Gasteiger partial charge >= 0.3 is 0 Å². The maximum atomic E-state index is 10.3. The summed E-state index contributed by atoms with van der Waals surface area (Å²) in [7, 11) is 0. The number of aliphatic hydroxyl groups excluding tert-OH is 1. The zero-order valence-corrected chi connectivity index (χ0v) is 12.4. The lowest BCUT2D eigenvalue weighted by molar-refractivity contribution is 0.0970. The Labute approximate surface area is 112 Å². The summed E-state index contributed by atoms with van der Waals surface area (Å²) in [6.45, 7) is 6.84. The van der Waals surface area contributed by atoms with Crippen LogP contribution < -0.4 is 5.73 Å². The van der Waals surface area contributed by atoms with Crippen molar-refractivity contribution in [2.45, 2.75) is 39.2 Å². The molecule has 0 aliphatic heterocycles. The predicted molar refractivity (Wildman–Crippen MR) is 76.0 cm³/mol. The van der Waals surface area contributed by atoms with E-state index in [1.165, 1.54) is 0 Å². The van der Waals surface area contributed by atoms with Crippen LogP contribution in [-0.2, 0) is 0 Å². The van der Waals surface area contributed by atoms with E-state index >= 15 is 0 Å². The number of halogens is 1. The molecule has 1 aromatic carbocycles. The molecule has 0 aliphatic carbocycles. The Morgan fingerprint density at radius 2 is 1.88 bits per heavy atom. The molecule has 96 valence electrons. The van der Waals surface area contributed by atoms with Gasteiger partial charge in [-0.05, 0) is 23.5 Å². The van der Waals surface area contributed by atoms with E-state index in [4.69, 9.17) is 5.73 Å². The van der Waals surface area contributed by atoms with Gasteiger partial charge in [0.2, 0.25) is 0 Å². The lowest BCUT2D eigenvalue weighted by Crippen LogP contribution is -2.29. The van der Waals surface area contributed by atoms with Crippen LogP contribution in [0.25, 0.3) is 0 Å². The van der Waals surface area contributed by atoms with Crippen LogP contribution in [0.1, 0.15) is 38.7 Å². The number of hydrogen-bond acceptors (Lipinski definition) is 2. The zero-order chi connectivity index (χ0) is 13.1. The van der Waals surface area contributed by atoms with Gasteiger partial charge in [-0.25, -0.2) is 0 Å². The molecule has 17 heavy (non-hydrogen) atoms. The molecule has 1 aromatic rings. The predicted octanol–water partition coefficient (Wildman–Crippen LogP) is 3.29. The van der Waals surface area contributed by atoms with Crippen LogP contribution in [0.3, 0.4) is 0 Å². The van der Waals surface area contributed by atoms with E-state index in [1.54, 1.807) is 0 Å². The minimum atomic E-state index is -0.404. The van der Waals surface area contributed by atoms with Crippen molar-refractivity contribution in [3.8, 4) is 0 Å². The minimum Gasteiger partial charge on any atom is -0.392 e. The molecule has 0 saturated carbocycles. The second-order valence-corrected chi connectivity index (χ2v) is 6.55. The fourth-order valence-electron chi connectivity index (χ4n) is 2.04. The monoisotopic (exact) mass is 299 g/mol. The Morgan fingerprint density at radius 1 is 1.29 bits per heavy atom. The molecule has 0 aromatic heterocycles. The number of hydrogen-bond donors (Lipinski definition) is 2. The first kappa shape index (κ1) is 14.7. The Bertz CT molecular complexity index is 359. The highest BCUT2D eigenvalue weighted by Gasteiger charge is 2.26. The molecule has 0 radical (unpaired) electrons. The molecule has 0 amide bonds. The third kappa shape index (κ3) is 4.41. The van der Waals surface area contributed by atoms with Gasteiger partial charge in [0.05, 0.1) is 6.10 Å². The van der Waals surface area contributed by atoms with Gasteiger partial charge in [-0.2, -0.15) is 0 Å². The number of benzene rings is 1. The molecular formula is C14H22BrNO. The van der Waals surface area contributed by atoms with E-state index in [9.17, 15) is 5.11 Å². The average Bonchev–Trinajstić information content (AvgIpc) is 2.19. The Hall–Kier alpha value is -0.380. The molecule has 0 fully saturated rings. The Morgan fingerprint density at radius 3 is 2.35 bits per heavy atom. The third-order valence-electron chi connectivity index (χ3n) is 2.84. The van der Waals surface area contributed by atoms with Gasteiger partial charge in [-0.1, -0.05) is 54.9 Å². The molecule has 2 nitrogen and oxygen atoms in total. The zero-order valence-electron chi connectivity index (χ0n) is 10.8. The summed E-state index contributed by atoms with van der Waals surface area (Å²) >= 11 is 3.52. The van der Waals surface area contributed by atoms with Crippen LogP contribution in [0.2, 0.25) is 0 Å². The van der Waals surface area contributed by atoms with Crippen molar-refractivity contribution < 1.29 is 5.11 Å². The second-order valence-electron chi connectivity index (χ2n) is 5.70. The topological polar surface area (TPSA) is 46.2 Å². The van der Waals surface area contributed by atoms with E-state index in [0.29, 0.717) is 6.54 Å². The molecule has 3 heteroatoms. The highest BCUT2D eigenvalue weighted by molar-refractivity contribution is 9.10. The molecule has 0 bridgehead atoms. The largest absolute Gasteiger partial charge is 0.392 e. The van der Waals surface area contributed by atoms with Crippen molar-refractivity contribution in [1.29, 1.82) is 0 Å². The fraction of sp³-hybridized carbons (Fsp3) is 0.571. The number of nitrogens with two attached hydrogens (primary N) is 1. The summed E-state index contributed by atoms with van der Waals surface area (Å²) in [5.41, 5.74) is 7.01. The Balaban J connectivity index is 2.89. The van der Waals surface area contributed by atoms with E-state index in [2.05, 4.69) is 36.7 Å². The molecule has 3 N–H and O–H groups in total. The summed E-state index contributed by atoms with van der Waals surface area (Å²) in [5.74, 6) is -0.00944. The first-order valence-corrected chi connectivity index (χ1v) is 6.77. The van der Waals surface area contributed by atoms with Crippen LogP contribution in [0, 0.1) is 5.41 Å². The van der Waals surface area contributed by atoms with Gasteiger partial charge in [0.1, 0.15) is 0 Å². The highest BCUT2D eigenvalue weighted by atomic mass is 79.9. The van der Waals surface area contributed by atoms with Gasteiger partial charge in [-0.3, -0.25) is 0 Å². The van der Waals surface area contributed by atoms with Gasteiger partial charge < -0.3 is 10.8 Å². The second kappa shape index (κ2) is 5.98. The first-order valence-electron chi connectivity index (χ1n) is 5.97. The van der Waals surface area contributed by atoms with Crippen LogP contribution in [0.5, 0.6) is 0 Å². The van der Waals surface area contributed by atoms with Crippen LogP contribution in [0.4, 0.5) is 0 Å². The molecule has 0 spiro atoms. The van der Waals surface area contributed by atoms with Gasteiger partial charge in [0.15, 0.2) is 0 Å². The third-order valence-corrected chi connectivity index (χ3v) is 3.57. The lowest BCUT2D eigenvalue weighted by Gasteiger charge is -2.28. The molecule has 1 rings (SSSR count).